The van der Waals surface area contributed by atoms with Gasteiger partial charge in [0.15, 0.2) is 5.78 Å². The number of carbonyl (C=O) groups excluding carboxylic acids is 2. The van der Waals surface area contributed by atoms with E-state index in [-0.39, 0.29) is 17.6 Å². The lowest BCUT2D eigenvalue weighted by atomic mass is 9.88. The number of likely N-dealkylation sites (tertiary alicyclic amines) is 1. The maximum absolute atomic E-state index is 12.8. The minimum atomic E-state index is -0.132. The molecule has 0 radical (unpaired) electrons. The molecule has 1 aliphatic rings. The standard InChI is InChI=1S/C18H18ClNO2S/c1-12-10-14(19)6-7-15(12)17(21)13-4-2-8-20(11-13)18(22)16-5-3-9-23-16/h3,5-7,9-10,13H,2,4,8,11H2,1H3/t13-/m0/s1. The highest BCUT2D eigenvalue weighted by atomic mass is 35.5. The van der Waals surface area contributed by atoms with Crippen molar-refractivity contribution in [3.8, 4) is 0 Å². The molecule has 0 saturated carbocycles. The Morgan fingerprint density at radius 2 is 2.13 bits per heavy atom. The summed E-state index contributed by atoms with van der Waals surface area (Å²) in [5.41, 5.74) is 1.61. The molecule has 23 heavy (non-hydrogen) atoms. The molecule has 1 saturated heterocycles. The van der Waals surface area contributed by atoms with Gasteiger partial charge < -0.3 is 4.90 Å². The maximum Gasteiger partial charge on any atom is 0.263 e. The highest BCUT2D eigenvalue weighted by Gasteiger charge is 2.30. The molecule has 3 nitrogen and oxygen atoms in total. The quantitative estimate of drug-likeness (QED) is 0.769. The van der Waals surface area contributed by atoms with Crippen molar-refractivity contribution in [2.24, 2.45) is 5.92 Å². The summed E-state index contributed by atoms with van der Waals surface area (Å²) in [6, 6.07) is 9.06. The molecule has 5 heteroatoms. The van der Waals surface area contributed by atoms with Crippen molar-refractivity contribution in [3.63, 3.8) is 0 Å². The third kappa shape index (κ3) is 3.48. The normalized spacial score (nSPS) is 18.0. The lowest BCUT2D eigenvalue weighted by Crippen LogP contribution is -2.42. The number of nitrogens with zero attached hydrogens (tertiary/aromatic N) is 1. The topological polar surface area (TPSA) is 37.4 Å². The fourth-order valence-corrected chi connectivity index (χ4v) is 3.97. The molecule has 1 aromatic carbocycles. The van der Waals surface area contributed by atoms with E-state index in [0.29, 0.717) is 17.1 Å². The Kier molecular flexibility index (Phi) is 4.83. The van der Waals surface area contributed by atoms with E-state index in [1.54, 1.807) is 12.1 Å². The number of carbonyl (C=O) groups is 2. The summed E-state index contributed by atoms with van der Waals surface area (Å²) in [5.74, 6) is 0.0145. The van der Waals surface area contributed by atoms with E-state index in [0.717, 1.165) is 29.8 Å². The van der Waals surface area contributed by atoms with Gasteiger partial charge in [0.2, 0.25) is 0 Å². The molecule has 1 aliphatic heterocycles. The highest BCUT2D eigenvalue weighted by Crippen LogP contribution is 2.25. The van der Waals surface area contributed by atoms with Crippen LogP contribution in [0.1, 0.15) is 38.4 Å². The molecule has 1 amide bonds. The monoisotopic (exact) mass is 347 g/mol. The number of amides is 1. The fourth-order valence-electron chi connectivity index (χ4n) is 3.06. The van der Waals surface area contributed by atoms with Crippen LogP contribution in [-0.4, -0.2) is 29.7 Å². The molecule has 0 spiro atoms. The van der Waals surface area contributed by atoms with Crippen molar-refractivity contribution in [1.82, 2.24) is 4.90 Å². The Morgan fingerprint density at radius 3 is 2.83 bits per heavy atom. The predicted molar refractivity (Wildman–Crippen MR) is 93.5 cm³/mol. The largest absolute Gasteiger partial charge is 0.337 e. The summed E-state index contributed by atoms with van der Waals surface area (Å²) in [4.78, 5) is 27.8. The summed E-state index contributed by atoms with van der Waals surface area (Å²) in [6.07, 6.45) is 1.69. The Balaban J connectivity index is 1.75. The number of Topliss-reactive ketones (excluding diaryl/α,β-unsaturated/α-hetero) is 1. The lowest BCUT2D eigenvalue weighted by molar-refractivity contribution is 0.0641. The number of ketones is 1. The van der Waals surface area contributed by atoms with E-state index in [1.807, 2.05) is 35.4 Å². The van der Waals surface area contributed by atoms with Crippen molar-refractivity contribution in [3.05, 3.63) is 56.7 Å². The molecule has 3 rings (SSSR count). The fraction of sp³-hybridized carbons (Fsp3) is 0.333. The molecule has 1 aromatic heterocycles. The van der Waals surface area contributed by atoms with Gasteiger partial charge in [-0.15, -0.1) is 11.3 Å². The van der Waals surface area contributed by atoms with Crippen LogP contribution in [-0.2, 0) is 0 Å². The number of hydrogen-bond acceptors (Lipinski definition) is 3. The molecule has 2 aromatic rings. The summed E-state index contributed by atoms with van der Waals surface area (Å²) in [5, 5.41) is 2.54. The number of piperidine rings is 1. The van der Waals surface area contributed by atoms with Crippen LogP contribution in [0.5, 0.6) is 0 Å². The number of thiophene rings is 1. The SMILES string of the molecule is Cc1cc(Cl)ccc1C(=O)[C@H]1CCCN(C(=O)c2cccs2)C1. The Hall–Kier alpha value is -1.65. The minimum Gasteiger partial charge on any atom is -0.337 e. The van der Waals surface area contributed by atoms with E-state index >= 15 is 0 Å². The lowest BCUT2D eigenvalue weighted by Gasteiger charge is -2.32. The molecular formula is C18H18ClNO2S. The molecule has 120 valence electrons. The average molecular weight is 348 g/mol. The first-order valence-electron chi connectivity index (χ1n) is 7.69. The van der Waals surface area contributed by atoms with Crippen molar-refractivity contribution < 1.29 is 9.59 Å². The van der Waals surface area contributed by atoms with Crippen LogP contribution in [0.25, 0.3) is 0 Å². The van der Waals surface area contributed by atoms with Gasteiger partial charge in [0, 0.05) is 29.6 Å². The maximum atomic E-state index is 12.8. The molecular weight excluding hydrogens is 330 g/mol. The number of aryl methyl sites for hydroxylation is 1. The summed E-state index contributed by atoms with van der Waals surface area (Å²) in [6.45, 7) is 3.12. The van der Waals surface area contributed by atoms with E-state index < -0.39 is 0 Å². The third-order valence-electron chi connectivity index (χ3n) is 4.27. The van der Waals surface area contributed by atoms with Gasteiger partial charge in [0.05, 0.1) is 4.88 Å². The van der Waals surface area contributed by atoms with Crippen LogP contribution >= 0.6 is 22.9 Å². The van der Waals surface area contributed by atoms with Gasteiger partial charge in [-0.1, -0.05) is 17.7 Å². The first-order chi connectivity index (χ1) is 11.1. The van der Waals surface area contributed by atoms with Gasteiger partial charge in [0.1, 0.15) is 0 Å². The average Bonchev–Trinajstić information content (AvgIpc) is 3.08. The molecule has 1 fully saturated rings. The first-order valence-corrected chi connectivity index (χ1v) is 8.95. The van der Waals surface area contributed by atoms with Gasteiger partial charge in [-0.3, -0.25) is 9.59 Å². The van der Waals surface area contributed by atoms with Crippen molar-refractivity contribution in [1.29, 1.82) is 0 Å². The van der Waals surface area contributed by atoms with Crippen molar-refractivity contribution >= 4 is 34.6 Å². The Morgan fingerprint density at radius 1 is 1.30 bits per heavy atom. The predicted octanol–water partition coefficient (Wildman–Crippen LogP) is 4.45. The van der Waals surface area contributed by atoms with Crippen molar-refractivity contribution in [2.75, 3.05) is 13.1 Å². The second kappa shape index (κ2) is 6.85. The molecule has 1 atom stereocenters. The number of rotatable bonds is 3. The summed E-state index contributed by atoms with van der Waals surface area (Å²) in [7, 11) is 0. The van der Waals surface area contributed by atoms with Crippen LogP contribution in [0.4, 0.5) is 0 Å². The smallest absolute Gasteiger partial charge is 0.263 e. The van der Waals surface area contributed by atoms with Gasteiger partial charge >= 0.3 is 0 Å². The third-order valence-corrected chi connectivity index (χ3v) is 5.36. The van der Waals surface area contributed by atoms with Crippen LogP contribution in [0, 0.1) is 12.8 Å². The first kappa shape index (κ1) is 16.2. The second-order valence-corrected chi connectivity index (χ2v) is 7.28. The zero-order chi connectivity index (χ0) is 16.4. The minimum absolute atomic E-state index is 0.0327. The molecule has 0 N–H and O–H groups in total. The number of benzene rings is 1. The van der Waals surface area contributed by atoms with Gasteiger partial charge in [-0.25, -0.2) is 0 Å². The molecule has 2 heterocycles. The highest BCUT2D eigenvalue weighted by molar-refractivity contribution is 7.12. The van der Waals surface area contributed by atoms with E-state index in [2.05, 4.69) is 0 Å². The van der Waals surface area contributed by atoms with Gasteiger partial charge in [0.25, 0.3) is 5.91 Å². The summed E-state index contributed by atoms with van der Waals surface area (Å²) >= 11 is 7.41. The number of hydrogen-bond donors (Lipinski definition) is 0. The van der Waals surface area contributed by atoms with E-state index in [9.17, 15) is 9.59 Å². The molecule has 0 bridgehead atoms. The van der Waals surface area contributed by atoms with Crippen LogP contribution < -0.4 is 0 Å². The van der Waals surface area contributed by atoms with Gasteiger partial charge in [-0.2, -0.15) is 0 Å². The number of halogens is 1. The van der Waals surface area contributed by atoms with Crippen LogP contribution in [0.2, 0.25) is 5.02 Å². The van der Waals surface area contributed by atoms with E-state index in [1.165, 1.54) is 11.3 Å². The zero-order valence-electron chi connectivity index (χ0n) is 12.9. The Labute approximate surface area is 144 Å². The second-order valence-electron chi connectivity index (χ2n) is 5.89. The summed E-state index contributed by atoms with van der Waals surface area (Å²) < 4.78 is 0. The van der Waals surface area contributed by atoms with Gasteiger partial charge in [-0.05, 0) is 55.0 Å². The van der Waals surface area contributed by atoms with Crippen molar-refractivity contribution in [2.45, 2.75) is 19.8 Å². The zero-order valence-corrected chi connectivity index (χ0v) is 14.5. The van der Waals surface area contributed by atoms with Crippen LogP contribution in [0.15, 0.2) is 35.7 Å². The molecule has 0 aliphatic carbocycles. The van der Waals surface area contributed by atoms with E-state index in [4.69, 9.17) is 11.6 Å². The van der Waals surface area contributed by atoms with Crippen LogP contribution in [0.3, 0.4) is 0 Å². The Bertz CT molecular complexity index is 727. The molecule has 0 unspecified atom stereocenters.